The van der Waals surface area contributed by atoms with Crippen LogP contribution in [-0.4, -0.2) is 31.7 Å². The standard InChI is InChI=1S/C5H10ClNO.ClH/c1-8-5(2-6)3-7-4-5;/h7H,2-4H2,1H3;1H. The predicted molar refractivity (Wildman–Crippen MR) is 40.6 cm³/mol. The molecule has 2 nitrogen and oxygen atoms in total. The highest BCUT2D eigenvalue weighted by molar-refractivity contribution is 6.18. The van der Waals surface area contributed by atoms with Crippen LogP contribution in [0.4, 0.5) is 0 Å². The molecule has 9 heavy (non-hydrogen) atoms. The van der Waals surface area contributed by atoms with Crippen LogP contribution in [0, 0.1) is 0 Å². The molecule has 1 fully saturated rings. The highest BCUT2D eigenvalue weighted by Crippen LogP contribution is 2.16. The first-order chi connectivity index (χ1) is 3.83. The van der Waals surface area contributed by atoms with Crippen LogP contribution in [-0.2, 0) is 4.74 Å². The van der Waals surface area contributed by atoms with Gasteiger partial charge in [0.1, 0.15) is 5.60 Å². The molecule has 1 saturated heterocycles. The second kappa shape index (κ2) is 3.62. The Bertz CT molecular complexity index is 71.5. The van der Waals surface area contributed by atoms with E-state index in [1.165, 1.54) is 0 Å². The molecule has 0 aromatic rings. The first-order valence-corrected chi connectivity index (χ1v) is 3.18. The van der Waals surface area contributed by atoms with Crippen LogP contribution >= 0.6 is 24.0 Å². The lowest BCUT2D eigenvalue weighted by Gasteiger charge is -2.39. The van der Waals surface area contributed by atoms with E-state index in [2.05, 4.69) is 5.32 Å². The van der Waals surface area contributed by atoms with Gasteiger partial charge in [-0.05, 0) is 0 Å². The Labute approximate surface area is 66.3 Å². The van der Waals surface area contributed by atoms with Gasteiger partial charge in [-0.2, -0.15) is 0 Å². The number of nitrogens with one attached hydrogen (secondary N) is 1. The zero-order valence-corrected chi connectivity index (χ0v) is 6.89. The van der Waals surface area contributed by atoms with Gasteiger partial charge in [0.2, 0.25) is 0 Å². The fraction of sp³-hybridized carbons (Fsp3) is 1.00. The predicted octanol–water partition coefficient (Wildman–Crippen LogP) is 0.635. The molecular weight excluding hydrogens is 161 g/mol. The number of hydrogen-bond donors (Lipinski definition) is 1. The Morgan fingerprint density at radius 1 is 1.67 bits per heavy atom. The summed E-state index contributed by atoms with van der Waals surface area (Å²) in [7, 11) is 1.70. The van der Waals surface area contributed by atoms with E-state index in [4.69, 9.17) is 16.3 Å². The Morgan fingerprint density at radius 3 is 2.22 bits per heavy atom. The number of alkyl halides is 1. The number of ether oxygens (including phenoxy) is 1. The van der Waals surface area contributed by atoms with Crippen LogP contribution in [0.2, 0.25) is 0 Å². The third-order valence-electron chi connectivity index (χ3n) is 1.57. The van der Waals surface area contributed by atoms with Crippen LogP contribution in [0.15, 0.2) is 0 Å². The lowest BCUT2D eigenvalue weighted by Crippen LogP contribution is -2.61. The van der Waals surface area contributed by atoms with Gasteiger partial charge < -0.3 is 10.1 Å². The highest BCUT2D eigenvalue weighted by atomic mass is 35.5. The third kappa shape index (κ3) is 1.71. The maximum absolute atomic E-state index is 5.60. The summed E-state index contributed by atoms with van der Waals surface area (Å²) in [5.74, 6) is 0.594. The topological polar surface area (TPSA) is 21.3 Å². The minimum Gasteiger partial charge on any atom is -0.374 e. The minimum absolute atomic E-state index is 0. The normalized spacial score (nSPS) is 22.0. The van der Waals surface area contributed by atoms with Gasteiger partial charge in [-0.25, -0.2) is 0 Å². The van der Waals surface area contributed by atoms with Crippen molar-refractivity contribution in [2.24, 2.45) is 0 Å². The van der Waals surface area contributed by atoms with Crippen LogP contribution in [0.5, 0.6) is 0 Å². The molecule has 0 amide bonds. The average molecular weight is 172 g/mol. The van der Waals surface area contributed by atoms with Gasteiger partial charge in [0.25, 0.3) is 0 Å². The molecule has 1 rings (SSSR count). The van der Waals surface area contributed by atoms with E-state index < -0.39 is 0 Å². The van der Waals surface area contributed by atoms with Crippen LogP contribution < -0.4 is 5.32 Å². The smallest absolute Gasteiger partial charge is 0.106 e. The molecular formula is C5H11Cl2NO. The molecule has 0 atom stereocenters. The molecule has 0 unspecified atom stereocenters. The van der Waals surface area contributed by atoms with Crippen LogP contribution in [0.1, 0.15) is 0 Å². The molecule has 0 aromatic heterocycles. The zero-order valence-electron chi connectivity index (χ0n) is 5.32. The number of rotatable bonds is 2. The highest BCUT2D eigenvalue weighted by Gasteiger charge is 2.35. The van der Waals surface area contributed by atoms with Crippen molar-refractivity contribution in [3.63, 3.8) is 0 Å². The van der Waals surface area contributed by atoms with E-state index in [0.717, 1.165) is 13.1 Å². The van der Waals surface area contributed by atoms with Gasteiger partial charge in [-0.15, -0.1) is 24.0 Å². The molecule has 1 heterocycles. The van der Waals surface area contributed by atoms with Gasteiger partial charge in [-0.1, -0.05) is 0 Å². The van der Waals surface area contributed by atoms with Crippen LogP contribution in [0.25, 0.3) is 0 Å². The Balaban J connectivity index is 0.000000640. The first-order valence-electron chi connectivity index (χ1n) is 2.65. The largest absolute Gasteiger partial charge is 0.374 e. The summed E-state index contributed by atoms with van der Waals surface area (Å²) in [6.45, 7) is 1.79. The summed E-state index contributed by atoms with van der Waals surface area (Å²) < 4.78 is 5.13. The molecule has 0 radical (unpaired) electrons. The van der Waals surface area contributed by atoms with E-state index in [1.54, 1.807) is 7.11 Å². The van der Waals surface area contributed by atoms with E-state index in [1.807, 2.05) is 0 Å². The number of methoxy groups -OCH3 is 1. The second-order valence-electron chi connectivity index (χ2n) is 2.12. The van der Waals surface area contributed by atoms with Crippen molar-refractivity contribution in [1.82, 2.24) is 5.32 Å². The van der Waals surface area contributed by atoms with Crippen molar-refractivity contribution in [2.75, 3.05) is 26.1 Å². The van der Waals surface area contributed by atoms with E-state index in [0.29, 0.717) is 5.88 Å². The molecule has 1 aliphatic heterocycles. The molecule has 56 valence electrons. The monoisotopic (exact) mass is 171 g/mol. The Morgan fingerprint density at radius 2 is 2.22 bits per heavy atom. The maximum atomic E-state index is 5.60. The molecule has 0 spiro atoms. The maximum Gasteiger partial charge on any atom is 0.106 e. The van der Waals surface area contributed by atoms with Gasteiger partial charge in [-0.3, -0.25) is 0 Å². The van der Waals surface area contributed by atoms with Crippen molar-refractivity contribution >= 4 is 24.0 Å². The van der Waals surface area contributed by atoms with Gasteiger partial charge >= 0.3 is 0 Å². The van der Waals surface area contributed by atoms with Gasteiger partial charge in [0.15, 0.2) is 0 Å². The van der Waals surface area contributed by atoms with Crippen LogP contribution in [0.3, 0.4) is 0 Å². The summed E-state index contributed by atoms with van der Waals surface area (Å²) in [6.07, 6.45) is 0. The summed E-state index contributed by atoms with van der Waals surface area (Å²) >= 11 is 5.60. The van der Waals surface area contributed by atoms with E-state index in [9.17, 15) is 0 Å². The molecule has 0 saturated carbocycles. The third-order valence-corrected chi connectivity index (χ3v) is 2.06. The van der Waals surface area contributed by atoms with E-state index >= 15 is 0 Å². The minimum atomic E-state index is -0.0401. The van der Waals surface area contributed by atoms with Crippen molar-refractivity contribution < 1.29 is 4.74 Å². The SMILES string of the molecule is COC1(CCl)CNC1.Cl. The fourth-order valence-corrected chi connectivity index (χ4v) is 0.995. The van der Waals surface area contributed by atoms with Crippen molar-refractivity contribution in [1.29, 1.82) is 0 Å². The first kappa shape index (κ1) is 9.50. The molecule has 1 aliphatic rings. The fourth-order valence-electron chi connectivity index (χ4n) is 0.697. The number of halogens is 2. The average Bonchev–Trinajstić information content (AvgIpc) is 1.67. The van der Waals surface area contributed by atoms with Gasteiger partial charge in [0.05, 0.1) is 5.88 Å². The molecule has 0 aliphatic carbocycles. The Kier molecular flexibility index (Phi) is 3.82. The summed E-state index contributed by atoms with van der Waals surface area (Å²) in [5.41, 5.74) is -0.0401. The van der Waals surface area contributed by atoms with Gasteiger partial charge in [0, 0.05) is 20.2 Å². The van der Waals surface area contributed by atoms with Crippen molar-refractivity contribution in [2.45, 2.75) is 5.60 Å². The quantitative estimate of drug-likeness (QED) is 0.617. The lowest BCUT2D eigenvalue weighted by molar-refractivity contribution is -0.0318. The second-order valence-corrected chi connectivity index (χ2v) is 2.39. The summed E-state index contributed by atoms with van der Waals surface area (Å²) in [5, 5.41) is 3.09. The summed E-state index contributed by atoms with van der Waals surface area (Å²) in [6, 6.07) is 0. The number of hydrogen-bond acceptors (Lipinski definition) is 2. The Hall–Kier alpha value is 0.500. The molecule has 1 N–H and O–H groups in total. The summed E-state index contributed by atoms with van der Waals surface area (Å²) in [4.78, 5) is 0. The van der Waals surface area contributed by atoms with Crippen molar-refractivity contribution in [3.8, 4) is 0 Å². The molecule has 0 bridgehead atoms. The van der Waals surface area contributed by atoms with Crippen molar-refractivity contribution in [3.05, 3.63) is 0 Å². The van der Waals surface area contributed by atoms with E-state index in [-0.39, 0.29) is 18.0 Å². The lowest BCUT2D eigenvalue weighted by atomic mass is 10.0. The molecule has 4 heteroatoms. The zero-order chi connectivity index (χ0) is 6.04. The molecule has 0 aromatic carbocycles.